The predicted octanol–water partition coefficient (Wildman–Crippen LogP) is 2.54. The summed E-state index contributed by atoms with van der Waals surface area (Å²) < 4.78 is 0. The Labute approximate surface area is 100 Å². The Hall–Kier alpha value is -2.71. The van der Waals surface area contributed by atoms with Gasteiger partial charge in [0.05, 0.1) is 11.6 Å². The molecule has 2 rings (SSSR count). The topological polar surface area (TPSA) is 49.8 Å². The van der Waals surface area contributed by atoms with Gasteiger partial charge in [-0.2, -0.15) is 5.26 Å². The molecule has 80 valence electrons. The van der Waals surface area contributed by atoms with Crippen molar-refractivity contribution < 1.29 is 0 Å². The second-order valence-corrected chi connectivity index (χ2v) is 3.53. The normalized spacial score (nSPS) is 8.88. The van der Waals surface area contributed by atoms with Gasteiger partial charge in [0.1, 0.15) is 0 Å². The molecule has 0 aliphatic carbocycles. The van der Waals surface area contributed by atoms with Crippen molar-refractivity contribution >= 4 is 5.69 Å². The third kappa shape index (κ3) is 2.65. The van der Waals surface area contributed by atoms with E-state index in [-0.39, 0.29) is 0 Å². The van der Waals surface area contributed by atoms with Gasteiger partial charge in [-0.05, 0) is 30.3 Å². The van der Waals surface area contributed by atoms with Crippen LogP contribution in [0, 0.1) is 23.2 Å². The van der Waals surface area contributed by atoms with Gasteiger partial charge in [0.2, 0.25) is 0 Å². The molecule has 2 aromatic rings. The highest BCUT2D eigenvalue weighted by molar-refractivity contribution is 5.57. The molecule has 2 heteroatoms. The summed E-state index contributed by atoms with van der Waals surface area (Å²) in [5.74, 6) is 5.99. The van der Waals surface area contributed by atoms with Gasteiger partial charge < -0.3 is 5.73 Å². The zero-order chi connectivity index (χ0) is 12.1. The van der Waals surface area contributed by atoms with Gasteiger partial charge >= 0.3 is 0 Å². The summed E-state index contributed by atoms with van der Waals surface area (Å²) in [6.07, 6.45) is 0. The molecule has 0 radical (unpaired) electrons. The second kappa shape index (κ2) is 4.88. The Morgan fingerprint density at radius 1 is 0.882 bits per heavy atom. The van der Waals surface area contributed by atoms with Crippen molar-refractivity contribution in [3.05, 3.63) is 65.2 Å². The molecular weight excluding hydrogens is 208 g/mol. The summed E-state index contributed by atoms with van der Waals surface area (Å²) in [4.78, 5) is 0. The van der Waals surface area contributed by atoms with Gasteiger partial charge in [-0.15, -0.1) is 0 Å². The van der Waals surface area contributed by atoms with Crippen molar-refractivity contribution in [2.24, 2.45) is 0 Å². The van der Waals surface area contributed by atoms with Gasteiger partial charge in [0.15, 0.2) is 0 Å². The maximum Gasteiger partial charge on any atom is 0.0992 e. The van der Waals surface area contributed by atoms with Crippen LogP contribution in [0.1, 0.15) is 16.7 Å². The maximum atomic E-state index is 8.77. The smallest absolute Gasteiger partial charge is 0.0992 e. The Morgan fingerprint density at radius 2 is 1.65 bits per heavy atom. The Bertz CT molecular complexity index is 640. The van der Waals surface area contributed by atoms with Crippen molar-refractivity contribution in [3.63, 3.8) is 0 Å². The molecule has 0 bridgehead atoms. The average Bonchev–Trinajstić information content (AvgIpc) is 2.38. The molecule has 17 heavy (non-hydrogen) atoms. The van der Waals surface area contributed by atoms with E-state index in [1.54, 1.807) is 12.1 Å². The molecule has 0 aliphatic heterocycles. The van der Waals surface area contributed by atoms with Crippen LogP contribution in [0.3, 0.4) is 0 Å². The number of para-hydroxylation sites is 1. The fourth-order valence-corrected chi connectivity index (χ4v) is 1.42. The van der Waals surface area contributed by atoms with E-state index in [9.17, 15) is 0 Å². The lowest BCUT2D eigenvalue weighted by atomic mass is 10.1. The van der Waals surface area contributed by atoms with Crippen molar-refractivity contribution in [1.82, 2.24) is 0 Å². The highest BCUT2D eigenvalue weighted by Gasteiger charge is 1.93. The van der Waals surface area contributed by atoms with E-state index in [4.69, 9.17) is 11.0 Å². The van der Waals surface area contributed by atoms with Crippen molar-refractivity contribution in [2.75, 3.05) is 5.73 Å². The lowest BCUT2D eigenvalue weighted by Crippen LogP contribution is -1.88. The molecule has 2 aromatic carbocycles. The lowest BCUT2D eigenvalue weighted by Gasteiger charge is -1.95. The molecule has 0 fully saturated rings. The number of benzene rings is 2. The number of nitriles is 1. The van der Waals surface area contributed by atoms with Crippen LogP contribution in [0.4, 0.5) is 5.69 Å². The van der Waals surface area contributed by atoms with E-state index < -0.39 is 0 Å². The molecule has 0 saturated carbocycles. The summed E-state index contributed by atoms with van der Waals surface area (Å²) >= 11 is 0. The van der Waals surface area contributed by atoms with Crippen LogP contribution >= 0.6 is 0 Å². The number of nitrogen functional groups attached to an aromatic ring is 1. The van der Waals surface area contributed by atoms with E-state index in [0.29, 0.717) is 11.3 Å². The number of rotatable bonds is 0. The summed E-state index contributed by atoms with van der Waals surface area (Å²) in [5.41, 5.74) is 8.67. The summed E-state index contributed by atoms with van der Waals surface area (Å²) in [6.45, 7) is 0. The molecule has 0 spiro atoms. The van der Waals surface area contributed by atoms with E-state index in [1.165, 1.54) is 0 Å². The number of hydrogen-bond acceptors (Lipinski definition) is 2. The Kier molecular flexibility index (Phi) is 3.10. The molecule has 0 amide bonds. The van der Waals surface area contributed by atoms with E-state index in [0.717, 1.165) is 11.1 Å². The third-order valence-electron chi connectivity index (χ3n) is 2.29. The highest BCUT2D eigenvalue weighted by Crippen LogP contribution is 2.09. The molecule has 0 aromatic heterocycles. The standard InChI is InChI=1S/C15H10N2/c16-11-13-5-3-4-12(10-13)8-9-14-6-1-2-7-15(14)17/h1-7,10H,17H2. The highest BCUT2D eigenvalue weighted by atomic mass is 14.5. The molecule has 2 N–H and O–H groups in total. The Balaban J connectivity index is 2.34. The number of anilines is 1. The van der Waals surface area contributed by atoms with Crippen LogP contribution in [0.2, 0.25) is 0 Å². The first-order valence-electron chi connectivity index (χ1n) is 5.16. The zero-order valence-electron chi connectivity index (χ0n) is 9.14. The van der Waals surface area contributed by atoms with E-state index in [2.05, 4.69) is 17.9 Å². The van der Waals surface area contributed by atoms with Gasteiger partial charge in [0.25, 0.3) is 0 Å². The maximum absolute atomic E-state index is 8.77. The van der Waals surface area contributed by atoms with Gasteiger partial charge in [-0.3, -0.25) is 0 Å². The minimum atomic E-state index is 0.609. The van der Waals surface area contributed by atoms with E-state index >= 15 is 0 Å². The minimum absolute atomic E-state index is 0.609. The van der Waals surface area contributed by atoms with Crippen molar-refractivity contribution in [2.45, 2.75) is 0 Å². The van der Waals surface area contributed by atoms with Crippen LogP contribution in [-0.2, 0) is 0 Å². The predicted molar refractivity (Wildman–Crippen MR) is 68.0 cm³/mol. The van der Waals surface area contributed by atoms with Crippen LogP contribution in [0.5, 0.6) is 0 Å². The zero-order valence-corrected chi connectivity index (χ0v) is 9.14. The molecule has 0 saturated heterocycles. The quantitative estimate of drug-likeness (QED) is 0.545. The van der Waals surface area contributed by atoms with Crippen LogP contribution in [-0.4, -0.2) is 0 Å². The molecule has 2 nitrogen and oxygen atoms in total. The summed E-state index contributed by atoms with van der Waals surface area (Å²) in [5, 5.41) is 8.77. The Morgan fingerprint density at radius 3 is 2.41 bits per heavy atom. The number of nitrogens with zero attached hydrogens (tertiary/aromatic N) is 1. The minimum Gasteiger partial charge on any atom is -0.398 e. The lowest BCUT2D eigenvalue weighted by molar-refractivity contribution is 1.48. The fourth-order valence-electron chi connectivity index (χ4n) is 1.42. The molecule has 0 unspecified atom stereocenters. The van der Waals surface area contributed by atoms with Crippen LogP contribution < -0.4 is 5.73 Å². The van der Waals surface area contributed by atoms with Crippen LogP contribution in [0.25, 0.3) is 0 Å². The van der Waals surface area contributed by atoms with Crippen molar-refractivity contribution in [3.8, 4) is 17.9 Å². The van der Waals surface area contributed by atoms with E-state index in [1.807, 2.05) is 36.4 Å². The molecular formula is C15H10N2. The van der Waals surface area contributed by atoms with Crippen molar-refractivity contribution in [1.29, 1.82) is 5.26 Å². The van der Waals surface area contributed by atoms with Gasteiger partial charge in [-0.1, -0.05) is 30.0 Å². The fraction of sp³-hybridized carbons (Fsp3) is 0. The average molecular weight is 218 g/mol. The molecule has 0 heterocycles. The number of hydrogen-bond donors (Lipinski definition) is 1. The van der Waals surface area contributed by atoms with Gasteiger partial charge in [-0.25, -0.2) is 0 Å². The number of nitrogens with two attached hydrogens (primary N) is 1. The SMILES string of the molecule is N#Cc1cccc(C#Cc2ccccc2N)c1. The second-order valence-electron chi connectivity index (χ2n) is 3.53. The van der Waals surface area contributed by atoms with Gasteiger partial charge in [0, 0.05) is 16.8 Å². The first-order chi connectivity index (χ1) is 8.29. The largest absolute Gasteiger partial charge is 0.398 e. The first-order valence-corrected chi connectivity index (χ1v) is 5.16. The summed E-state index contributed by atoms with van der Waals surface area (Å²) in [6, 6.07) is 16.7. The third-order valence-corrected chi connectivity index (χ3v) is 2.29. The molecule has 0 atom stereocenters. The molecule has 0 aliphatic rings. The monoisotopic (exact) mass is 218 g/mol. The van der Waals surface area contributed by atoms with Crippen LogP contribution in [0.15, 0.2) is 48.5 Å². The summed E-state index contributed by atoms with van der Waals surface area (Å²) in [7, 11) is 0. The first kappa shape index (κ1) is 10.8.